The number of likely N-dealkylation sites (tertiary alicyclic amines) is 1. The van der Waals surface area contributed by atoms with Crippen LogP contribution in [0, 0.1) is 13.8 Å². The lowest BCUT2D eigenvalue weighted by Crippen LogP contribution is -2.44. The van der Waals surface area contributed by atoms with Crippen LogP contribution < -0.4 is 4.90 Å². The van der Waals surface area contributed by atoms with Crippen molar-refractivity contribution in [3.63, 3.8) is 0 Å². The number of thiophene rings is 1. The first kappa shape index (κ1) is 14.4. The molecule has 2 fully saturated rings. The molecule has 0 N–H and O–H groups in total. The number of hydrogen-bond acceptors (Lipinski definition) is 5. The molecule has 22 heavy (non-hydrogen) atoms. The zero-order valence-electron chi connectivity index (χ0n) is 13.5. The number of aryl methyl sites for hydroxylation is 2. The zero-order chi connectivity index (χ0) is 15.1. The first-order valence-corrected chi connectivity index (χ1v) is 9.25. The third-order valence-corrected chi connectivity index (χ3v) is 6.48. The summed E-state index contributed by atoms with van der Waals surface area (Å²) in [5, 5.41) is 1.28. The molecule has 0 saturated carbocycles. The van der Waals surface area contributed by atoms with Gasteiger partial charge in [-0.15, -0.1) is 11.3 Å². The van der Waals surface area contributed by atoms with Gasteiger partial charge in [-0.05, 0) is 58.2 Å². The van der Waals surface area contributed by atoms with Crippen LogP contribution in [0.4, 0.5) is 5.82 Å². The predicted molar refractivity (Wildman–Crippen MR) is 92.9 cm³/mol. The molecule has 0 unspecified atom stereocenters. The summed E-state index contributed by atoms with van der Waals surface area (Å²) >= 11 is 1.79. The van der Waals surface area contributed by atoms with Gasteiger partial charge in [0.2, 0.25) is 0 Å². The van der Waals surface area contributed by atoms with Gasteiger partial charge in [-0.2, -0.15) is 0 Å². The third kappa shape index (κ3) is 2.40. The lowest BCUT2D eigenvalue weighted by molar-refractivity contribution is 0.208. The van der Waals surface area contributed by atoms with Crippen LogP contribution in [0.15, 0.2) is 6.33 Å². The molecule has 2 aromatic rings. The van der Waals surface area contributed by atoms with E-state index in [-0.39, 0.29) is 0 Å². The predicted octanol–water partition coefficient (Wildman–Crippen LogP) is 3.37. The molecule has 0 spiro atoms. The second-order valence-electron chi connectivity index (χ2n) is 6.62. The van der Waals surface area contributed by atoms with E-state index < -0.39 is 0 Å². The van der Waals surface area contributed by atoms with Crippen molar-refractivity contribution in [2.24, 2.45) is 0 Å². The van der Waals surface area contributed by atoms with Crippen LogP contribution in [-0.2, 0) is 0 Å². The minimum absolute atomic E-state index is 0.793. The Morgan fingerprint density at radius 2 is 1.77 bits per heavy atom. The van der Waals surface area contributed by atoms with Gasteiger partial charge < -0.3 is 9.80 Å². The molecule has 2 aliphatic heterocycles. The quantitative estimate of drug-likeness (QED) is 0.850. The van der Waals surface area contributed by atoms with Gasteiger partial charge in [0.25, 0.3) is 0 Å². The van der Waals surface area contributed by atoms with E-state index in [1.165, 1.54) is 54.6 Å². The maximum atomic E-state index is 4.64. The fourth-order valence-corrected chi connectivity index (χ4v) is 4.94. The highest BCUT2D eigenvalue weighted by Gasteiger charge is 2.28. The first-order chi connectivity index (χ1) is 10.7. The SMILES string of the molecule is Cc1sc2ncnc(N3CCC(N4CCCC4)CC3)c2c1C. The molecule has 0 radical (unpaired) electrons. The van der Waals surface area contributed by atoms with Gasteiger partial charge >= 0.3 is 0 Å². The number of rotatable bonds is 2. The van der Waals surface area contributed by atoms with Crippen LogP contribution in [0.5, 0.6) is 0 Å². The van der Waals surface area contributed by atoms with E-state index in [4.69, 9.17) is 0 Å². The van der Waals surface area contributed by atoms with Crippen molar-refractivity contribution < 1.29 is 0 Å². The van der Waals surface area contributed by atoms with Crippen molar-refractivity contribution in [1.82, 2.24) is 14.9 Å². The molecule has 118 valence electrons. The topological polar surface area (TPSA) is 32.3 Å². The van der Waals surface area contributed by atoms with E-state index in [2.05, 4.69) is 33.6 Å². The number of hydrogen-bond donors (Lipinski definition) is 0. The van der Waals surface area contributed by atoms with Crippen LogP contribution >= 0.6 is 11.3 Å². The van der Waals surface area contributed by atoms with Crippen LogP contribution in [0.2, 0.25) is 0 Å². The number of nitrogens with zero attached hydrogens (tertiary/aromatic N) is 4. The summed E-state index contributed by atoms with van der Waals surface area (Å²) < 4.78 is 0. The average molecular weight is 316 g/mol. The summed E-state index contributed by atoms with van der Waals surface area (Å²) in [5.74, 6) is 1.16. The number of piperidine rings is 1. The molecule has 2 aromatic heterocycles. The molecule has 4 nitrogen and oxygen atoms in total. The van der Waals surface area contributed by atoms with Crippen molar-refractivity contribution >= 4 is 27.4 Å². The third-order valence-electron chi connectivity index (χ3n) is 5.37. The van der Waals surface area contributed by atoms with Gasteiger partial charge in [0, 0.05) is 24.0 Å². The molecule has 0 atom stereocenters. The molecule has 0 amide bonds. The Bertz CT molecular complexity index is 667. The van der Waals surface area contributed by atoms with Gasteiger partial charge in [-0.25, -0.2) is 9.97 Å². The van der Waals surface area contributed by atoms with Crippen molar-refractivity contribution in [3.05, 3.63) is 16.8 Å². The first-order valence-electron chi connectivity index (χ1n) is 8.44. The van der Waals surface area contributed by atoms with Crippen molar-refractivity contribution in [1.29, 1.82) is 0 Å². The second kappa shape index (κ2) is 5.78. The van der Waals surface area contributed by atoms with Gasteiger partial charge in [0.1, 0.15) is 17.0 Å². The Morgan fingerprint density at radius 3 is 2.50 bits per heavy atom. The molecule has 2 saturated heterocycles. The number of anilines is 1. The lowest BCUT2D eigenvalue weighted by atomic mass is 10.0. The molecule has 5 heteroatoms. The fraction of sp³-hybridized carbons (Fsp3) is 0.647. The smallest absolute Gasteiger partial charge is 0.141 e. The van der Waals surface area contributed by atoms with Gasteiger partial charge in [0.05, 0.1) is 5.39 Å². The van der Waals surface area contributed by atoms with Gasteiger partial charge in [-0.1, -0.05) is 0 Å². The maximum absolute atomic E-state index is 4.64. The maximum Gasteiger partial charge on any atom is 0.141 e. The molecule has 0 bridgehead atoms. The summed E-state index contributed by atoms with van der Waals surface area (Å²) in [6, 6.07) is 0.793. The van der Waals surface area contributed by atoms with Crippen LogP contribution in [0.25, 0.3) is 10.2 Å². The molecule has 4 heterocycles. The zero-order valence-corrected chi connectivity index (χ0v) is 14.3. The summed E-state index contributed by atoms with van der Waals surface area (Å²) in [6.45, 7) is 9.27. The van der Waals surface area contributed by atoms with E-state index in [1.807, 2.05) is 0 Å². The number of fused-ring (bicyclic) bond motifs is 1. The highest BCUT2D eigenvalue weighted by atomic mass is 32.1. The van der Waals surface area contributed by atoms with E-state index in [9.17, 15) is 0 Å². The van der Waals surface area contributed by atoms with E-state index in [0.29, 0.717) is 0 Å². The Kier molecular flexibility index (Phi) is 3.78. The molecule has 4 rings (SSSR count). The Morgan fingerprint density at radius 1 is 1.05 bits per heavy atom. The molecular weight excluding hydrogens is 292 g/mol. The molecular formula is C17H24N4S. The Balaban J connectivity index is 1.56. The summed E-state index contributed by atoms with van der Waals surface area (Å²) in [4.78, 5) is 16.8. The largest absolute Gasteiger partial charge is 0.356 e. The average Bonchev–Trinajstić information content (AvgIpc) is 3.17. The van der Waals surface area contributed by atoms with E-state index in [0.717, 1.165) is 29.8 Å². The summed E-state index contributed by atoms with van der Waals surface area (Å²) in [7, 11) is 0. The minimum Gasteiger partial charge on any atom is -0.356 e. The van der Waals surface area contributed by atoms with Crippen molar-refractivity contribution in [3.8, 4) is 0 Å². The highest BCUT2D eigenvalue weighted by molar-refractivity contribution is 7.18. The normalized spacial score (nSPS) is 21.1. The second-order valence-corrected chi connectivity index (χ2v) is 7.83. The van der Waals surface area contributed by atoms with Crippen molar-refractivity contribution in [2.75, 3.05) is 31.1 Å². The number of aromatic nitrogens is 2. The van der Waals surface area contributed by atoms with Crippen LogP contribution in [0.1, 0.15) is 36.1 Å². The van der Waals surface area contributed by atoms with Gasteiger partial charge in [0.15, 0.2) is 0 Å². The monoisotopic (exact) mass is 316 g/mol. The highest BCUT2D eigenvalue weighted by Crippen LogP contribution is 2.35. The minimum atomic E-state index is 0.793. The summed E-state index contributed by atoms with van der Waals surface area (Å²) in [5.41, 5.74) is 1.36. The van der Waals surface area contributed by atoms with E-state index in [1.54, 1.807) is 17.7 Å². The van der Waals surface area contributed by atoms with Crippen molar-refractivity contribution in [2.45, 2.75) is 45.6 Å². The van der Waals surface area contributed by atoms with Crippen LogP contribution in [-0.4, -0.2) is 47.1 Å². The molecule has 0 aliphatic carbocycles. The lowest BCUT2D eigenvalue weighted by Gasteiger charge is -2.37. The van der Waals surface area contributed by atoms with Gasteiger partial charge in [-0.3, -0.25) is 0 Å². The standard InChI is InChI=1S/C17H24N4S/c1-12-13(2)22-17-15(12)16(18-11-19-17)21-9-5-14(6-10-21)20-7-3-4-8-20/h11,14H,3-10H2,1-2H3. The van der Waals surface area contributed by atoms with E-state index >= 15 is 0 Å². The van der Waals surface area contributed by atoms with Crippen LogP contribution in [0.3, 0.4) is 0 Å². The molecule has 2 aliphatic rings. The summed E-state index contributed by atoms with van der Waals surface area (Å²) in [6.07, 6.45) is 7.06. The Labute approximate surface area is 136 Å². The molecule has 0 aromatic carbocycles. The Hall–Kier alpha value is -1.20. The fourth-order valence-electron chi connectivity index (χ4n) is 3.95.